The highest BCUT2D eigenvalue weighted by Gasteiger charge is 2.15. The van der Waals surface area contributed by atoms with E-state index in [1.165, 1.54) is 12.4 Å². The topological polar surface area (TPSA) is 90.6 Å². The highest BCUT2D eigenvalue weighted by atomic mass is 35.5. The number of benzene rings is 1. The van der Waals surface area contributed by atoms with Crippen LogP contribution >= 0.6 is 11.6 Å². The fourth-order valence-corrected chi connectivity index (χ4v) is 3.10. The molecule has 0 amide bonds. The molecule has 0 unspecified atom stereocenters. The number of rotatable bonds is 5. The lowest BCUT2D eigenvalue weighted by molar-refractivity contribution is -0.0493. The van der Waals surface area contributed by atoms with Crippen molar-refractivity contribution in [2.75, 3.05) is 5.32 Å². The van der Waals surface area contributed by atoms with Crippen LogP contribution in [0.3, 0.4) is 0 Å². The third kappa shape index (κ3) is 3.92. The molecule has 1 aromatic carbocycles. The van der Waals surface area contributed by atoms with Crippen LogP contribution in [-0.2, 0) is 7.05 Å². The second-order valence-corrected chi connectivity index (χ2v) is 6.52. The molecule has 4 rings (SSSR count). The minimum atomic E-state index is -3.01. The van der Waals surface area contributed by atoms with Crippen LogP contribution in [0.5, 0.6) is 5.75 Å². The number of aromatic nitrogens is 6. The molecule has 0 bridgehead atoms. The normalized spacial score (nSPS) is 11.2. The number of alkyl halides is 2. The fraction of sp³-hybridized carbons (Fsp3) is 0.167. The van der Waals surface area contributed by atoms with Gasteiger partial charge < -0.3 is 14.6 Å². The predicted octanol–water partition coefficient (Wildman–Crippen LogP) is 4.13. The molecular weight excluding hydrogens is 404 g/mol. The summed E-state index contributed by atoms with van der Waals surface area (Å²) in [6.07, 6.45) is 3.09. The van der Waals surface area contributed by atoms with Crippen LogP contribution in [0.1, 0.15) is 5.69 Å². The molecule has 0 fully saturated rings. The molecule has 0 atom stereocenters. The molecule has 1 N–H and O–H groups in total. The summed E-state index contributed by atoms with van der Waals surface area (Å²) in [7, 11) is 1.75. The van der Waals surface area contributed by atoms with Crippen molar-refractivity contribution in [3.05, 3.63) is 47.6 Å². The van der Waals surface area contributed by atoms with Crippen molar-refractivity contribution in [3.8, 4) is 17.1 Å². The lowest BCUT2D eigenvalue weighted by atomic mass is 10.1. The second-order valence-electron chi connectivity index (χ2n) is 6.17. The van der Waals surface area contributed by atoms with Crippen LogP contribution in [0, 0.1) is 6.92 Å². The summed E-state index contributed by atoms with van der Waals surface area (Å²) < 4.78 is 32.2. The summed E-state index contributed by atoms with van der Waals surface area (Å²) in [5.74, 6) is 0.582. The van der Waals surface area contributed by atoms with E-state index in [9.17, 15) is 8.78 Å². The zero-order chi connectivity index (χ0) is 20.5. The Bertz CT molecular complexity index is 1200. The van der Waals surface area contributed by atoms with E-state index in [1.54, 1.807) is 36.0 Å². The molecule has 0 saturated carbocycles. The number of nitrogens with one attached hydrogen (secondary N) is 1. The maximum Gasteiger partial charge on any atom is 0.387 e. The van der Waals surface area contributed by atoms with Crippen molar-refractivity contribution in [2.45, 2.75) is 13.5 Å². The van der Waals surface area contributed by atoms with Crippen molar-refractivity contribution in [3.63, 3.8) is 0 Å². The van der Waals surface area contributed by atoms with Crippen LogP contribution in [0.2, 0.25) is 5.15 Å². The minimum absolute atomic E-state index is 0.0858. The van der Waals surface area contributed by atoms with Gasteiger partial charge in [0.05, 0.1) is 5.69 Å². The molecular formula is C18H14ClF2N7O. The third-order valence-corrected chi connectivity index (χ3v) is 4.33. The van der Waals surface area contributed by atoms with Crippen LogP contribution in [0.25, 0.3) is 22.3 Å². The Morgan fingerprint density at radius 1 is 1.21 bits per heavy atom. The SMILES string of the molecule is Cc1cc2cnc(Nc3ccc(-c4nncn4C)cc3OC(F)F)nc2c(Cl)n1. The standard InChI is InChI=1S/C18H14ClF2N7O/c1-9-5-11-7-22-18(26-14(11)15(19)24-9)25-12-4-3-10(6-13(12)29-17(20)21)16-27-23-8-28(16)2/h3-8,17H,1-2H3,(H,22,25,26). The van der Waals surface area contributed by atoms with E-state index in [2.05, 4.69) is 35.2 Å². The molecule has 3 heterocycles. The van der Waals surface area contributed by atoms with Gasteiger partial charge in [-0.15, -0.1) is 10.2 Å². The average Bonchev–Trinajstić information content (AvgIpc) is 3.09. The Morgan fingerprint density at radius 2 is 2.03 bits per heavy atom. The second kappa shape index (κ2) is 7.55. The zero-order valence-electron chi connectivity index (χ0n) is 15.3. The molecule has 0 aliphatic carbocycles. The van der Waals surface area contributed by atoms with Gasteiger partial charge in [-0.25, -0.2) is 15.0 Å². The Balaban J connectivity index is 1.72. The predicted molar refractivity (Wildman–Crippen MR) is 103 cm³/mol. The Hall–Kier alpha value is -3.40. The number of aryl methyl sites for hydroxylation is 2. The first kappa shape index (κ1) is 18.9. The van der Waals surface area contributed by atoms with Gasteiger partial charge in [-0.3, -0.25) is 0 Å². The van der Waals surface area contributed by atoms with Crippen LogP contribution < -0.4 is 10.1 Å². The van der Waals surface area contributed by atoms with Crippen LogP contribution in [-0.4, -0.2) is 36.3 Å². The molecule has 3 aromatic heterocycles. The fourth-order valence-electron chi connectivity index (χ4n) is 2.81. The van der Waals surface area contributed by atoms with Crippen molar-refractivity contribution in [1.29, 1.82) is 0 Å². The van der Waals surface area contributed by atoms with E-state index < -0.39 is 6.61 Å². The van der Waals surface area contributed by atoms with E-state index in [4.69, 9.17) is 11.6 Å². The van der Waals surface area contributed by atoms with Crippen molar-refractivity contribution in [2.24, 2.45) is 7.05 Å². The van der Waals surface area contributed by atoms with E-state index in [0.717, 1.165) is 11.1 Å². The number of nitrogens with zero attached hydrogens (tertiary/aromatic N) is 6. The maximum absolute atomic E-state index is 13.0. The van der Waals surface area contributed by atoms with Gasteiger partial charge in [0.25, 0.3) is 0 Å². The monoisotopic (exact) mass is 417 g/mol. The lowest BCUT2D eigenvalue weighted by Gasteiger charge is -2.13. The summed E-state index contributed by atoms with van der Waals surface area (Å²) in [6, 6.07) is 6.51. The maximum atomic E-state index is 13.0. The number of hydrogen-bond acceptors (Lipinski definition) is 7. The Labute approximate surface area is 168 Å². The third-order valence-electron chi connectivity index (χ3n) is 4.07. The first-order valence-electron chi connectivity index (χ1n) is 8.41. The molecule has 0 radical (unpaired) electrons. The molecule has 0 aliphatic rings. The summed E-state index contributed by atoms with van der Waals surface area (Å²) in [5.41, 5.74) is 2.00. The van der Waals surface area contributed by atoms with E-state index in [1.807, 2.05) is 6.92 Å². The molecule has 0 saturated heterocycles. The van der Waals surface area contributed by atoms with Crippen molar-refractivity contribution >= 4 is 34.1 Å². The van der Waals surface area contributed by atoms with Gasteiger partial charge in [0, 0.05) is 29.9 Å². The molecule has 4 aromatic rings. The average molecular weight is 418 g/mol. The van der Waals surface area contributed by atoms with Gasteiger partial charge >= 0.3 is 6.61 Å². The number of anilines is 2. The summed E-state index contributed by atoms with van der Waals surface area (Å²) >= 11 is 6.16. The number of ether oxygens (including phenoxy) is 1. The summed E-state index contributed by atoms with van der Waals surface area (Å²) in [5, 5.41) is 11.6. The van der Waals surface area contributed by atoms with Crippen LogP contribution in [0.15, 0.2) is 36.8 Å². The number of halogens is 3. The van der Waals surface area contributed by atoms with Gasteiger partial charge in [0.15, 0.2) is 11.0 Å². The first-order valence-corrected chi connectivity index (χ1v) is 8.78. The smallest absolute Gasteiger partial charge is 0.387 e. The van der Waals surface area contributed by atoms with Gasteiger partial charge in [0.1, 0.15) is 17.6 Å². The van der Waals surface area contributed by atoms with Crippen molar-refractivity contribution < 1.29 is 13.5 Å². The molecule has 29 heavy (non-hydrogen) atoms. The summed E-state index contributed by atoms with van der Waals surface area (Å²) in [6.45, 7) is -1.20. The Morgan fingerprint density at radius 3 is 2.76 bits per heavy atom. The first-order chi connectivity index (χ1) is 13.9. The summed E-state index contributed by atoms with van der Waals surface area (Å²) in [4.78, 5) is 12.7. The van der Waals surface area contributed by atoms with E-state index >= 15 is 0 Å². The van der Waals surface area contributed by atoms with Crippen LogP contribution in [0.4, 0.5) is 20.4 Å². The van der Waals surface area contributed by atoms with Gasteiger partial charge in [-0.05, 0) is 31.2 Å². The van der Waals surface area contributed by atoms with E-state index in [0.29, 0.717) is 16.9 Å². The number of hydrogen-bond donors (Lipinski definition) is 1. The Kier molecular flexibility index (Phi) is 4.93. The minimum Gasteiger partial charge on any atom is -0.433 e. The highest BCUT2D eigenvalue weighted by molar-refractivity contribution is 6.33. The molecule has 11 heteroatoms. The van der Waals surface area contributed by atoms with Crippen molar-refractivity contribution in [1.82, 2.24) is 29.7 Å². The van der Waals surface area contributed by atoms with Gasteiger partial charge in [-0.2, -0.15) is 8.78 Å². The number of fused-ring (bicyclic) bond motifs is 1. The molecule has 8 nitrogen and oxygen atoms in total. The quantitative estimate of drug-likeness (QED) is 0.488. The zero-order valence-corrected chi connectivity index (χ0v) is 16.0. The van der Waals surface area contributed by atoms with Gasteiger partial charge in [0.2, 0.25) is 5.95 Å². The molecule has 0 aliphatic heterocycles. The van der Waals surface area contributed by atoms with E-state index in [-0.39, 0.29) is 22.5 Å². The highest BCUT2D eigenvalue weighted by Crippen LogP contribution is 2.33. The number of pyridine rings is 1. The molecule has 0 spiro atoms. The molecule has 148 valence electrons. The largest absolute Gasteiger partial charge is 0.433 e. The van der Waals surface area contributed by atoms with Gasteiger partial charge in [-0.1, -0.05) is 11.6 Å². The lowest BCUT2D eigenvalue weighted by Crippen LogP contribution is -2.06.